The molecule has 0 aliphatic carbocycles. The minimum Gasteiger partial charge on any atom is -0.486 e. The van der Waals surface area contributed by atoms with Gasteiger partial charge in [-0.1, -0.05) is 30.3 Å². The SMILES string of the molecule is c1ccc(-c2ccnc3nc(-c4ccc5c(c4)OCCO5)nn23)cc1. The van der Waals surface area contributed by atoms with Gasteiger partial charge in [-0.2, -0.15) is 9.50 Å². The molecule has 3 heterocycles. The highest BCUT2D eigenvalue weighted by molar-refractivity contribution is 5.65. The van der Waals surface area contributed by atoms with Crippen molar-refractivity contribution < 1.29 is 9.47 Å². The molecule has 0 unspecified atom stereocenters. The fourth-order valence-electron chi connectivity index (χ4n) is 2.93. The Morgan fingerprint density at radius 1 is 0.840 bits per heavy atom. The maximum atomic E-state index is 5.65. The summed E-state index contributed by atoms with van der Waals surface area (Å²) in [5, 5.41) is 4.65. The molecule has 5 rings (SSSR count). The molecule has 6 heteroatoms. The predicted octanol–water partition coefficient (Wildman–Crippen LogP) is 3.23. The molecule has 0 amide bonds. The summed E-state index contributed by atoms with van der Waals surface area (Å²) in [6.07, 6.45) is 1.75. The monoisotopic (exact) mass is 330 g/mol. The Morgan fingerprint density at radius 2 is 1.68 bits per heavy atom. The Labute approximate surface area is 143 Å². The van der Waals surface area contributed by atoms with Crippen LogP contribution in [0.4, 0.5) is 0 Å². The van der Waals surface area contributed by atoms with Gasteiger partial charge in [-0.25, -0.2) is 4.98 Å². The fraction of sp³-hybridized carbons (Fsp3) is 0.105. The molecule has 1 aliphatic rings. The minimum absolute atomic E-state index is 0.550. The molecular weight excluding hydrogens is 316 g/mol. The van der Waals surface area contributed by atoms with Crippen LogP contribution in [0.5, 0.6) is 11.5 Å². The lowest BCUT2D eigenvalue weighted by Gasteiger charge is -2.18. The van der Waals surface area contributed by atoms with E-state index < -0.39 is 0 Å². The van der Waals surface area contributed by atoms with Crippen LogP contribution in [0.15, 0.2) is 60.8 Å². The Kier molecular flexibility index (Phi) is 3.13. The van der Waals surface area contributed by atoms with Crippen molar-refractivity contribution in [1.29, 1.82) is 0 Å². The number of rotatable bonds is 2. The largest absolute Gasteiger partial charge is 0.486 e. The summed E-state index contributed by atoms with van der Waals surface area (Å²) >= 11 is 0. The van der Waals surface area contributed by atoms with Gasteiger partial charge in [-0.05, 0) is 24.3 Å². The van der Waals surface area contributed by atoms with E-state index in [0.29, 0.717) is 24.8 Å². The van der Waals surface area contributed by atoms with Gasteiger partial charge in [-0.3, -0.25) is 0 Å². The van der Waals surface area contributed by atoms with Gasteiger partial charge in [0.25, 0.3) is 5.78 Å². The van der Waals surface area contributed by atoms with E-state index in [1.165, 1.54) is 0 Å². The van der Waals surface area contributed by atoms with E-state index >= 15 is 0 Å². The second kappa shape index (κ2) is 5.59. The standard InChI is InChI=1S/C19H14N4O2/c1-2-4-13(5-3-1)15-8-9-20-19-21-18(22-23(15)19)14-6-7-16-17(12-14)25-11-10-24-16/h1-9,12H,10-11H2. The first-order chi connectivity index (χ1) is 12.4. The van der Waals surface area contributed by atoms with Gasteiger partial charge in [0.15, 0.2) is 17.3 Å². The number of fused-ring (bicyclic) bond motifs is 2. The number of benzene rings is 2. The highest BCUT2D eigenvalue weighted by Gasteiger charge is 2.16. The number of aromatic nitrogens is 4. The zero-order valence-electron chi connectivity index (χ0n) is 13.3. The highest BCUT2D eigenvalue weighted by atomic mass is 16.6. The van der Waals surface area contributed by atoms with Crippen LogP contribution >= 0.6 is 0 Å². The predicted molar refractivity (Wildman–Crippen MR) is 92.6 cm³/mol. The molecule has 25 heavy (non-hydrogen) atoms. The van der Waals surface area contributed by atoms with E-state index in [2.05, 4.69) is 15.1 Å². The van der Waals surface area contributed by atoms with E-state index in [4.69, 9.17) is 9.47 Å². The number of nitrogens with zero attached hydrogens (tertiary/aromatic N) is 4. The fourth-order valence-corrected chi connectivity index (χ4v) is 2.93. The second-order valence-electron chi connectivity index (χ2n) is 5.70. The molecule has 0 spiro atoms. The number of hydrogen-bond donors (Lipinski definition) is 0. The van der Waals surface area contributed by atoms with E-state index in [0.717, 1.165) is 28.3 Å². The van der Waals surface area contributed by atoms with Crippen LogP contribution < -0.4 is 9.47 Å². The van der Waals surface area contributed by atoms with Crippen LogP contribution in [0.3, 0.4) is 0 Å². The molecule has 0 N–H and O–H groups in total. The summed E-state index contributed by atoms with van der Waals surface area (Å²) in [5.74, 6) is 2.64. The van der Waals surface area contributed by atoms with Gasteiger partial charge in [0.2, 0.25) is 0 Å². The molecule has 4 aromatic rings. The first kappa shape index (κ1) is 14.0. The summed E-state index contributed by atoms with van der Waals surface area (Å²) in [5.41, 5.74) is 2.88. The summed E-state index contributed by atoms with van der Waals surface area (Å²) in [4.78, 5) is 8.90. The van der Waals surface area contributed by atoms with Gasteiger partial charge < -0.3 is 9.47 Å². The second-order valence-corrected chi connectivity index (χ2v) is 5.70. The number of ether oxygens (including phenoxy) is 2. The van der Waals surface area contributed by atoms with E-state index in [9.17, 15) is 0 Å². The molecule has 2 aromatic heterocycles. The molecular formula is C19H14N4O2. The summed E-state index contributed by atoms with van der Waals surface area (Å²) in [7, 11) is 0. The van der Waals surface area contributed by atoms with Crippen molar-refractivity contribution in [3.8, 4) is 34.1 Å². The maximum Gasteiger partial charge on any atom is 0.253 e. The molecule has 0 saturated carbocycles. The van der Waals surface area contributed by atoms with Crippen molar-refractivity contribution in [1.82, 2.24) is 19.6 Å². The van der Waals surface area contributed by atoms with Gasteiger partial charge in [0.05, 0.1) is 5.69 Å². The molecule has 122 valence electrons. The van der Waals surface area contributed by atoms with Crippen molar-refractivity contribution >= 4 is 5.78 Å². The van der Waals surface area contributed by atoms with Crippen molar-refractivity contribution in [3.63, 3.8) is 0 Å². The molecule has 0 bridgehead atoms. The van der Waals surface area contributed by atoms with Crippen molar-refractivity contribution in [3.05, 3.63) is 60.8 Å². The third kappa shape index (κ3) is 2.39. The van der Waals surface area contributed by atoms with Gasteiger partial charge >= 0.3 is 0 Å². The van der Waals surface area contributed by atoms with Crippen molar-refractivity contribution in [2.75, 3.05) is 13.2 Å². The average molecular weight is 330 g/mol. The lowest BCUT2D eigenvalue weighted by Crippen LogP contribution is -2.15. The lowest BCUT2D eigenvalue weighted by molar-refractivity contribution is 0.171. The highest BCUT2D eigenvalue weighted by Crippen LogP contribution is 2.33. The van der Waals surface area contributed by atoms with Crippen molar-refractivity contribution in [2.45, 2.75) is 0 Å². The third-order valence-electron chi connectivity index (χ3n) is 4.11. The lowest BCUT2D eigenvalue weighted by atomic mass is 10.1. The molecule has 6 nitrogen and oxygen atoms in total. The first-order valence-corrected chi connectivity index (χ1v) is 8.06. The van der Waals surface area contributed by atoms with Crippen LogP contribution in [-0.4, -0.2) is 32.8 Å². The van der Waals surface area contributed by atoms with E-state index in [-0.39, 0.29) is 0 Å². The van der Waals surface area contributed by atoms with Crippen LogP contribution in [-0.2, 0) is 0 Å². The van der Waals surface area contributed by atoms with Crippen LogP contribution in [0, 0.1) is 0 Å². The zero-order valence-corrected chi connectivity index (χ0v) is 13.3. The third-order valence-corrected chi connectivity index (χ3v) is 4.11. The van der Waals surface area contributed by atoms with Crippen molar-refractivity contribution in [2.24, 2.45) is 0 Å². The zero-order chi connectivity index (χ0) is 16.6. The maximum absolute atomic E-state index is 5.65. The summed E-state index contributed by atoms with van der Waals surface area (Å²) in [6.45, 7) is 1.12. The molecule has 0 saturated heterocycles. The van der Waals surface area contributed by atoms with E-state index in [1.807, 2.05) is 54.6 Å². The van der Waals surface area contributed by atoms with E-state index in [1.54, 1.807) is 10.7 Å². The molecule has 0 atom stereocenters. The van der Waals surface area contributed by atoms with Crippen LogP contribution in [0.1, 0.15) is 0 Å². The Hall–Kier alpha value is -3.41. The minimum atomic E-state index is 0.550. The summed E-state index contributed by atoms with van der Waals surface area (Å²) in [6, 6.07) is 17.7. The van der Waals surface area contributed by atoms with Gasteiger partial charge in [0, 0.05) is 17.3 Å². The summed E-state index contributed by atoms with van der Waals surface area (Å²) < 4.78 is 13.0. The number of hydrogen-bond acceptors (Lipinski definition) is 5. The Bertz CT molecular complexity index is 1060. The Balaban J connectivity index is 1.64. The molecule has 1 aliphatic heterocycles. The van der Waals surface area contributed by atoms with Crippen LogP contribution in [0.25, 0.3) is 28.4 Å². The van der Waals surface area contributed by atoms with Gasteiger partial charge in [-0.15, -0.1) is 5.10 Å². The van der Waals surface area contributed by atoms with Gasteiger partial charge in [0.1, 0.15) is 13.2 Å². The normalized spacial score (nSPS) is 13.1. The first-order valence-electron chi connectivity index (χ1n) is 8.06. The quantitative estimate of drug-likeness (QED) is 0.565. The average Bonchev–Trinajstić information content (AvgIpc) is 3.12. The Morgan fingerprint density at radius 3 is 2.56 bits per heavy atom. The van der Waals surface area contributed by atoms with Crippen LogP contribution in [0.2, 0.25) is 0 Å². The molecule has 0 radical (unpaired) electrons. The smallest absolute Gasteiger partial charge is 0.253 e. The molecule has 2 aromatic carbocycles. The topological polar surface area (TPSA) is 61.5 Å². The molecule has 0 fully saturated rings.